The number of ether oxygens (including phenoxy) is 4. The highest BCUT2D eigenvalue weighted by atomic mass is 16.6. The fourth-order valence-electron chi connectivity index (χ4n) is 8.76. The Balaban J connectivity index is 1.33. The van der Waals surface area contributed by atoms with Gasteiger partial charge in [-0.05, 0) is 68.2 Å². The molecular weight excluding hydrogens is 520 g/mol. The molecular formula is C34H40O7. The van der Waals surface area contributed by atoms with E-state index >= 15 is 0 Å². The van der Waals surface area contributed by atoms with E-state index < -0.39 is 17.1 Å². The second kappa shape index (κ2) is 10.3. The highest BCUT2D eigenvalue weighted by molar-refractivity contribution is 5.90. The largest absolute Gasteiger partial charge is 0.465 e. The molecule has 0 bridgehead atoms. The molecule has 2 saturated carbocycles. The summed E-state index contributed by atoms with van der Waals surface area (Å²) in [6, 6.07) is 18.0. The van der Waals surface area contributed by atoms with E-state index in [1.165, 1.54) is 0 Å². The molecule has 7 heteroatoms. The number of carbonyl (C=O) groups is 3. The summed E-state index contributed by atoms with van der Waals surface area (Å²) >= 11 is 0. The van der Waals surface area contributed by atoms with Gasteiger partial charge in [0.15, 0.2) is 0 Å². The molecule has 0 amide bonds. The molecule has 218 valence electrons. The van der Waals surface area contributed by atoms with Crippen LogP contribution in [0.2, 0.25) is 0 Å². The first kappa shape index (κ1) is 28.0. The number of hydrogen-bond donors (Lipinski definition) is 0. The van der Waals surface area contributed by atoms with E-state index in [9.17, 15) is 14.4 Å². The van der Waals surface area contributed by atoms with Gasteiger partial charge in [0.25, 0.3) is 0 Å². The maximum Gasteiger partial charge on any atom is 0.338 e. The Kier molecular flexibility index (Phi) is 7.00. The normalized spacial score (nSPS) is 37.9. The number of carbonyl (C=O) groups excluding carboxylic acids is 3. The van der Waals surface area contributed by atoms with Gasteiger partial charge < -0.3 is 18.9 Å². The number of cyclic esters (lactones) is 1. The van der Waals surface area contributed by atoms with Crippen molar-refractivity contribution in [3.05, 3.63) is 71.8 Å². The van der Waals surface area contributed by atoms with Crippen LogP contribution in [0.1, 0.15) is 80.0 Å². The minimum atomic E-state index is -0.643. The number of rotatable bonds is 5. The van der Waals surface area contributed by atoms with Gasteiger partial charge in [0.2, 0.25) is 0 Å². The summed E-state index contributed by atoms with van der Waals surface area (Å²) in [6.07, 6.45) is 4.01. The van der Waals surface area contributed by atoms with Gasteiger partial charge in [0.1, 0.15) is 12.7 Å². The lowest BCUT2D eigenvalue weighted by molar-refractivity contribution is -0.242. The topological polar surface area (TPSA) is 88.1 Å². The lowest BCUT2D eigenvalue weighted by Gasteiger charge is -2.65. The predicted molar refractivity (Wildman–Crippen MR) is 151 cm³/mol. The maximum atomic E-state index is 13.3. The van der Waals surface area contributed by atoms with Gasteiger partial charge in [0.05, 0.1) is 36.4 Å². The quantitative estimate of drug-likeness (QED) is 0.327. The first-order chi connectivity index (χ1) is 19.6. The van der Waals surface area contributed by atoms with Gasteiger partial charge in [-0.2, -0.15) is 0 Å². The molecule has 2 aliphatic carbocycles. The van der Waals surface area contributed by atoms with E-state index in [2.05, 4.69) is 20.8 Å². The van der Waals surface area contributed by atoms with E-state index in [0.29, 0.717) is 43.1 Å². The SMILES string of the molecule is C[C@H]1CC[C@H]2[C@](C)(COC(=O)c3ccccc3)[C@@H](OC(=O)c3ccccc3)CC[C@]2(C)[C@]12C[C@@]1(COC(=O)C1)CO2. The fraction of sp³-hybridized carbons (Fsp3) is 0.559. The molecule has 2 aromatic rings. The third-order valence-corrected chi connectivity index (χ3v) is 11.0. The Morgan fingerprint density at radius 2 is 1.56 bits per heavy atom. The molecule has 2 heterocycles. The zero-order valence-electron chi connectivity index (χ0n) is 24.2. The van der Waals surface area contributed by atoms with Crippen LogP contribution in [0.15, 0.2) is 60.7 Å². The van der Waals surface area contributed by atoms with Crippen molar-refractivity contribution in [3.8, 4) is 0 Å². The van der Waals surface area contributed by atoms with Crippen LogP contribution < -0.4 is 0 Å². The average molecular weight is 561 g/mol. The predicted octanol–water partition coefficient (Wildman–Crippen LogP) is 6.01. The van der Waals surface area contributed by atoms with Crippen LogP contribution in [-0.2, 0) is 23.7 Å². The van der Waals surface area contributed by atoms with Crippen molar-refractivity contribution in [1.29, 1.82) is 0 Å². The van der Waals surface area contributed by atoms with E-state index in [1.807, 2.05) is 36.4 Å². The monoisotopic (exact) mass is 560 g/mol. The Morgan fingerprint density at radius 1 is 0.902 bits per heavy atom. The van der Waals surface area contributed by atoms with Crippen LogP contribution >= 0.6 is 0 Å². The Hall–Kier alpha value is -3.19. The molecule has 0 N–H and O–H groups in total. The summed E-state index contributed by atoms with van der Waals surface area (Å²) in [5, 5.41) is 0. The van der Waals surface area contributed by atoms with Crippen LogP contribution in [0.3, 0.4) is 0 Å². The van der Waals surface area contributed by atoms with Crippen molar-refractivity contribution in [3.63, 3.8) is 0 Å². The third-order valence-electron chi connectivity index (χ3n) is 11.0. The molecule has 7 atom stereocenters. The van der Waals surface area contributed by atoms with Crippen LogP contribution in [0.25, 0.3) is 0 Å². The van der Waals surface area contributed by atoms with E-state index in [0.717, 1.165) is 25.7 Å². The van der Waals surface area contributed by atoms with Crippen molar-refractivity contribution in [2.45, 2.75) is 71.0 Å². The maximum absolute atomic E-state index is 13.3. The van der Waals surface area contributed by atoms with Crippen LogP contribution in [0, 0.1) is 28.1 Å². The molecule has 2 aromatic carbocycles. The third kappa shape index (κ3) is 4.57. The van der Waals surface area contributed by atoms with Gasteiger partial charge in [0, 0.05) is 16.2 Å². The molecule has 4 aliphatic rings. The number of hydrogen-bond acceptors (Lipinski definition) is 7. The fourth-order valence-corrected chi connectivity index (χ4v) is 8.76. The van der Waals surface area contributed by atoms with E-state index in [1.54, 1.807) is 24.3 Å². The highest BCUT2D eigenvalue weighted by Gasteiger charge is 2.70. The Morgan fingerprint density at radius 3 is 2.20 bits per heavy atom. The molecule has 2 saturated heterocycles. The van der Waals surface area contributed by atoms with Crippen molar-refractivity contribution in [1.82, 2.24) is 0 Å². The van der Waals surface area contributed by atoms with Crippen molar-refractivity contribution < 1.29 is 33.3 Å². The second-order valence-electron chi connectivity index (χ2n) is 13.4. The summed E-state index contributed by atoms with van der Waals surface area (Å²) in [5.74, 6) is -0.547. The molecule has 6 rings (SSSR count). The molecule has 41 heavy (non-hydrogen) atoms. The molecule has 2 spiro atoms. The number of benzene rings is 2. The average Bonchev–Trinajstić information content (AvgIpc) is 3.55. The molecule has 7 nitrogen and oxygen atoms in total. The minimum absolute atomic E-state index is 0.0604. The van der Waals surface area contributed by atoms with Gasteiger partial charge in [-0.1, -0.05) is 57.2 Å². The van der Waals surface area contributed by atoms with Crippen LogP contribution in [0.5, 0.6) is 0 Å². The lowest BCUT2D eigenvalue weighted by atomic mass is 9.43. The second-order valence-corrected chi connectivity index (χ2v) is 13.4. The summed E-state index contributed by atoms with van der Waals surface area (Å²) in [7, 11) is 0. The number of esters is 3. The van der Waals surface area contributed by atoms with Crippen molar-refractivity contribution in [2.75, 3.05) is 19.8 Å². The molecule has 0 radical (unpaired) electrons. The van der Waals surface area contributed by atoms with Gasteiger partial charge in [-0.15, -0.1) is 0 Å². The minimum Gasteiger partial charge on any atom is -0.465 e. The molecule has 4 fully saturated rings. The van der Waals surface area contributed by atoms with E-state index in [-0.39, 0.29) is 41.3 Å². The molecule has 0 unspecified atom stereocenters. The first-order valence-corrected chi connectivity index (χ1v) is 14.9. The van der Waals surface area contributed by atoms with Gasteiger partial charge >= 0.3 is 17.9 Å². The van der Waals surface area contributed by atoms with E-state index in [4.69, 9.17) is 18.9 Å². The smallest absolute Gasteiger partial charge is 0.338 e. The Bertz CT molecular complexity index is 1310. The zero-order valence-corrected chi connectivity index (χ0v) is 24.2. The summed E-state index contributed by atoms with van der Waals surface area (Å²) in [4.78, 5) is 38.6. The van der Waals surface area contributed by atoms with Crippen molar-refractivity contribution >= 4 is 17.9 Å². The molecule has 2 aliphatic heterocycles. The van der Waals surface area contributed by atoms with Gasteiger partial charge in [-0.25, -0.2) is 9.59 Å². The van der Waals surface area contributed by atoms with Crippen molar-refractivity contribution in [2.24, 2.45) is 28.1 Å². The summed E-state index contributed by atoms with van der Waals surface area (Å²) in [6.45, 7) is 7.75. The summed E-state index contributed by atoms with van der Waals surface area (Å²) in [5.41, 5.74) is -0.649. The molecule has 0 aromatic heterocycles. The Labute approximate surface area is 241 Å². The lowest BCUT2D eigenvalue weighted by Crippen LogP contribution is -2.66. The highest BCUT2D eigenvalue weighted by Crippen LogP contribution is 2.69. The number of fused-ring (bicyclic) bond motifs is 2. The zero-order chi connectivity index (χ0) is 28.9. The first-order valence-electron chi connectivity index (χ1n) is 14.9. The van der Waals surface area contributed by atoms with Gasteiger partial charge in [-0.3, -0.25) is 4.79 Å². The summed E-state index contributed by atoms with van der Waals surface area (Å²) < 4.78 is 24.6. The van der Waals surface area contributed by atoms with Crippen LogP contribution in [-0.4, -0.2) is 49.4 Å². The standard InChI is InChI=1S/C34H40O7/c1-23-14-15-26-31(2,20-39-29(36)24-10-6-4-7-11-24)27(41-30(37)25-12-8-5-9-13-25)16-17-32(26,3)34(23)19-33(22-40-34)18-28(35)38-21-33/h4-13,23,26-27H,14-22H2,1-3H3/t23-,26-,27-,31-,32-,33-,34-/m0/s1. The van der Waals surface area contributed by atoms with Crippen LogP contribution in [0.4, 0.5) is 0 Å².